The summed E-state index contributed by atoms with van der Waals surface area (Å²) in [6.07, 6.45) is 3.50. The number of carbonyl (C=O) groups excluding carboxylic acids is 1. The van der Waals surface area contributed by atoms with Crippen LogP contribution in [0.3, 0.4) is 0 Å². The Morgan fingerprint density at radius 2 is 2.00 bits per heavy atom. The van der Waals surface area contributed by atoms with Crippen LogP contribution in [0.4, 0.5) is 19.0 Å². The Kier molecular flexibility index (Phi) is 4.30. The molecule has 0 aromatic carbocycles. The Labute approximate surface area is 172 Å². The van der Waals surface area contributed by atoms with Crippen LogP contribution in [0.5, 0.6) is 0 Å². The predicted octanol–water partition coefficient (Wildman–Crippen LogP) is 1.61. The molecule has 0 aliphatic carbocycles. The molecule has 1 atom stereocenters. The second-order valence-corrected chi connectivity index (χ2v) is 6.91. The lowest BCUT2D eigenvalue weighted by Gasteiger charge is -2.33. The zero-order valence-corrected chi connectivity index (χ0v) is 15.7. The number of H-pyrrole nitrogens is 1. The topological polar surface area (TPSA) is 117 Å². The van der Waals surface area contributed by atoms with Gasteiger partial charge in [-0.1, -0.05) is 0 Å². The van der Waals surface area contributed by atoms with Gasteiger partial charge in [-0.15, -0.1) is 0 Å². The van der Waals surface area contributed by atoms with Crippen LogP contribution in [0.25, 0.3) is 17.2 Å². The molecule has 1 aliphatic rings. The third kappa shape index (κ3) is 3.53. The molecular formula is C18H14F3N9O. The normalized spacial score (nSPS) is 17.2. The van der Waals surface area contributed by atoms with Gasteiger partial charge in [0.2, 0.25) is 5.91 Å². The van der Waals surface area contributed by atoms with E-state index >= 15 is 0 Å². The summed E-state index contributed by atoms with van der Waals surface area (Å²) < 4.78 is 40.5. The highest BCUT2D eigenvalue weighted by atomic mass is 19.4. The molecule has 10 nitrogen and oxygen atoms in total. The number of piperazine rings is 1. The summed E-state index contributed by atoms with van der Waals surface area (Å²) in [5.74, 6) is 0.455. The van der Waals surface area contributed by atoms with E-state index in [-0.39, 0.29) is 35.7 Å². The molecule has 5 heterocycles. The maximum atomic E-state index is 13.1. The summed E-state index contributed by atoms with van der Waals surface area (Å²) in [5.41, 5.74) is 0.277. The van der Waals surface area contributed by atoms with Crippen LogP contribution >= 0.6 is 0 Å². The highest BCUT2D eigenvalue weighted by Crippen LogP contribution is 2.29. The van der Waals surface area contributed by atoms with E-state index in [4.69, 9.17) is 0 Å². The van der Waals surface area contributed by atoms with E-state index in [0.717, 1.165) is 18.0 Å². The van der Waals surface area contributed by atoms with Gasteiger partial charge in [-0.05, 0) is 6.07 Å². The second-order valence-electron chi connectivity index (χ2n) is 6.91. The molecule has 4 aromatic rings. The third-order valence-corrected chi connectivity index (χ3v) is 4.87. The number of nitrogens with zero attached hydrogens (tertiary/aromatic N) is 7. The van der Waals surface area contributed by atoms with Crippen molar-refractivity contribution in [2.75, 3.05) is 18.0 Å². The van der Waals surface area contributed by atoms with Crippen molar-refractivity contribution in [1.29, 1.82) is 0 Å². The Morgan fingerprint density at radius 3 is 2.77 bits per heavy atom. The van der Waals surface area contributed by atoms with E-state index < -0.39 is 11.9 Å². The van der Waals surface area contributed by atoms with Crippen molar-refractivity contribution in [3.63, 3.8) is 0 Å². The summed E-state index contributed by atoms with van der Waals surface area (Å²) >= 11 is 0. The SMILES string of the molecule is O=C1CN(c2ccnc(-c3cnc4cnc(C(F)(F)F)cn34)n2)CC(c2cn[nH]c2)N1. The Balaban J connectivity index is 1.50. The van der Waals surface area contributed by atoms with Crippen LogP contribution in [0.15, 0.2) is 43.2 Å². The number of fused-ring (bicyclic) bond motifs is 1. The molecule has 1 saturated heterocycles. The van der Waals surface area contributed by atoms with Crippen LogP contribution < -0.4 is 10.2 Å². The summed E-state index contributed by atoms with van der Waals surface area (Å²) in [7, 11) is 0. The molecule has 31 heavy (non-hydrogen) atoms. The molecule has 0 spiro atoms. The lowest BCUT2D eigenvalue weighted by molar-refractivity contribution is -0.141. The predicted molar refractivity (Wildman–Crippen MR) is 101 cm³/mol. The van der Waals surface area contributed by atoms with Gasteiger partial charge in [0, 0.05) is 30.7 Å². The molecule has 158 valence electrons. The van der Waals surface area contributed by atoms with Gasteiger partial charge in [0.15, 0.2) is 17.2 Å². The molecule has 0 radical (unpaired) electrons. The van der Waals surface area contributed by atoms with Gasteiger partial charge in [-0.25, -0.2) is 19.9 Å². The van der Waals surface area contributed by atoms with Crippen LogP contribution in [0.2, 0.25) is 0 Å². The molecule has 4 aromatic heterocycles. The summed E-state index contributed by atoms with van der Waals surface area (Å²) in [6, 6.07) is 1.36. The van der Waals surface area contributed by atoms with E-state index in [9.17, 15) is 18.0 Å². The first kappa shape index (κ1) is 19.0. The minimum Gasteiger partial charge on any atom is -0.346 e. The lowest BCUT2D eigenvalue weighted by atomic mass is 10.1. The number of nitrogens with one attached hydrogen (secondary N) is 2. The zero-order valence-electron chi connectivity index (χ0n) is 15.7. The van der Waals surface area contributed by atoms with Gasteiger partial charge in [-0.3, -0.25) is 14.3 Å². The van der Waals surface area contributed by atoms with Crippen LogP contribution in [0, 0.1) is 0 Å². The fourth-order valence-corrected chi connectivity index (χ4v) is 3.41. The average molecular weight is 429 g/mol. The van der Waals surface area contributed by atoms with E-state index in [1.54, 1.807) is 23.4 Å². The molecule has 0 saturated carbocycles. The third-order valence-electron chi connectivity index (χ3n) is 4.87. The second kappa shape index (κ2) is 7.04. The highest BCUT2D eigenvalue weighted by molar-refractivity contribution is 5.83. The van der Waals surface area contributed by atoms with Gasteiger partial charge in [0.05, 0.1) is 31.2 Å². The molecule has 1 unspecified atom stereocenters. The molecule has 13 heteroatoms. The van der Waals surface area contributed by atoms with Crippen molar-refractivity contribution in [1.82, 2.24) is 39.9 Å². The molecule has 5 rings (SSSR count). The number of hydrogen-bond donors (Lipinski definition) is 2. The van der Waals surface area contributed by atoms with Gasteiger partial charge in [-0.2, -0.15) is 18.3 Å². The van der Waals surface area contributed by atoms with Crippen LogP contribution in [-0.2, 0) is 11.0 Å². The average Bonchev–Trinajstić information content (AvgIpc) is 3.42. The number of imidazole rings is 1. The summed E-state index contributed by atoms with van der Waals surface area (Å²) in [6.45, 7) is 0.525. The van der Waals surface area contributed by atoms with Crippen molar-refractivity contribution in [3.05, 3.63) is 54.5 Å². The smallest absolute Gasteiger partial charge is 0.346 e. The number of alkyl halides is 3. The number of hydrogen-bond acceptors (Lipinski definition) is 7. The van der Waals surface area contributed by atoms with Crippen molar-refractivity contribution in [3.8, 4) is 11.5 Å². The molecule has 2 N–H and O–H groups in total. The number of carbonyl (C=O) groups is 1. The van der Waals surface area contributed by atoms with Crippen LogP contribution in [-0.4, -0.2) is 53.5 Å². The van der Waals surface area contributed by atoms with Gasteiger partial charge in [0.1, 0.15) is 11.5 Å². The van der Waals surface area contributed by atoms with E-state index in [0.29, 0.717) is 12.4 Å². The number of aromatic nitrogens is 7. The summed E-state index contributed by atoms with van der Waals surface area (Å²) in [5, 5.41) is 9.52. The molecular weight excluding hydrogens is 415 g/mol. The Morgan fingerprint density at radius 1 is 1.13 bits per heavy atom. The van der Waals surface area contributed by atoms with Crippen molar-refractivity contribution >= 4 is 17.4 Å². The first-order chi connectivity index (χ1) is 14.9. The Bertz CT molecular complexity index is 1250. The minimum absolute atomic E-state index is 0.0834. The molecule has 1 fully saturated rings. The number of halogens is 3. The summed E-state index contributed by atoms with van der Waals surface area (Å²) in [4.78, 5) is 30.2. The standard InChI is InChI=1S/C18H14F3N9O/c19-18(20,21)13-8-30-12(5-24-15(30)6-23-13)17-22-2-1-14(28-17)29-7-11(27-16(31)9-29)10-3-25-26-4-10/h1-6,8,11H,7,9H2,(H,25,26)(H,27,31). The maximum absolute atomic E-state index is 13.1. The highest BCUT2D eigenvalue weighted by Gasteiger charge is 2.33. The van der Waals surface area contributed by atoms with Crippen molar-refractivity contribution in [2.24, 2.45) is 0 Å². The Hall–Kier alpha value is -4.03. The van der Waals surface area contributed by atoms with Gasteiger partial charge in [0.25, 0.3) is 0 Å². The maximum Gasteiger partial charge on any atom is 0.434 e. The molecule has 0 bridgehead atoms. The molecule has 1 amide bonds. The van der Waals surface area contributed by atoms with E-state index in [1.165, 1.54) is 16.8 Å². The largest absolute Gasteiger partial charge is 0.434 e. The van der Waals surface area contributed by atoms with E-state index in [2.05, 4.69) is 35.5 Å². The number of rotatable bonds is 3. The fourth-order valence-electron chi connectivity index (χ4n) is 3.41. The van der Waals surface area contributed by atoms with Gasteiger partial charge < -0.3 is 10.2 Å². The molecule has 1 aliphatic heterocycles. The van der Waals surface area contributed by atoms with Crippen LogP contribution in [0.1, 0.15) is 17.3 Å². The first-order valence-corrected chi connectivity index (χ1v) is 9.15. The van der Waals surface area contributed by atoms with E-state index in [1.807, 2.05) is 0 Å². The zero-order chi connectivity index (χ0) is 21.6. The quantitative estimate of drug-likeness (QED) is 0.508. The number of anilines is 1. The minimum atomic E-state index is -4.60. The first-order valence-electron chi connectivity index (χ1n) is 9.15. The number of aromatic amines is 1. The van der Waals surface area contributed by atoms with Crippen molar-refractivity contribution in [2.45, 2.75) is 12.2 Å². The monoisotopic (exact) mass is 429 g/mol. The van der Waals surface area contributed by atoms with Crippen molar-refractivity contribution < 1.29 is 18.0 Å². The van der Waals surface area contributed by atoms with Gasteiger partial charge >= 0.3 is 6.18 Å². The lowest BCUT2D eigenvalue weighted by Crippen LogP contribution is -2.49. The fraction of sp³-hybridized carbons (Fsp3) is 0.222. The number of amides is 1.